The van der Waals surface area contributed by atoms with Gasteiger partial charge in [-0.1, -0.05) is 30.3 Å². The van der Waals surface area contributed by atoms with Gasteiger partial charge in [0, 0.05) is 5.69 Å². The van der Waals surface area contributed by atoms with Crippen LogP contribution in [0.25, 0.3) is 0 Å². The molecule has 0 aliphatic heterocycles. The molecule has 0 saturated heterocycles. The molecule has 0 aliphatic rings. The Morgan fingerprint density at radius 2 is 1.47 bits per heavy atom. The number of halogens is 1. The van der Waals surface area contributed by atoms with Crippen molar-refractivity contribution in [3.8, 4) is 5.75 Å². The number of amides is 2. The summed E-state index contributed by atoms with van der Waals surface area (Å²) in [5.74, 6) is -3.22. The van der Waals surface area contributed by atoms with Crippen LogP contribution in [-0.2, 0) is 19.1 Å². The van der Waals surface area contributed by atoms with E-state index in [4.69, 9.17) is 9.47 Å². The molecular formula is C26H23FN2O7. The van der Waals surface area contributed by atoms with Crippen LogP contribution < -0.4 is 15.4 Å². The fraction of sp³-hybridized carbons (Fsp3) is 0.154. The summed E-state index contributed by atoms with van der Waals surface area (Å²) in [6.07, 6.45) is 0. The summed E-state index contributed by atoms with van der Waals surface area (Å²) < 4.78 is 28.9. The van der Waals surface area contributed by atoms with Gasteiger partial charge in [0.2, 0.25) is 0 Å². The second kappa shape index (κ2) is 12.1. The predicted octanol–water partition coefficient (Wildman–Crippen LogP) is 3.73. The van der Waals surface area contributed by atoms with E-state index in [1.54, 1.807) is 37.3 Å². The van der Waals surface area contributed by atoms with Crippen molar-refractivity contribution in [2.24, 2.45) is 0 Å². The third kappa shape index (κ3) is 6.89. The lowest BCUT2D eigenvalue weighted by Crippen LogP contribution is -2.23. The monoisotopic (exact) mass is 494 g/mol. The molecule has 0 saturated carbocycles. The molecular weight excluding hydrogens is 471 g/mol. The number of aryl methyl sites for hydroxylation is 1. The largest absolute Gasteiger partial charge is 0.483 e. The summed E-state index contributed by atoms with van der Waals surface area (Å²) in [4.78, 5) is 48.7. The Balaban J connectivity index is 1.57. The Labute approximate surface area is 206 Å². The number of methoxy groups -OCH3 is 1. The zero-order valence-corrected chi connectivity index (χ0v) is 19.5. The van der Waals surface area contributed by atoms with E-state index in [-0.39, 0.29) is 22.6 Å². The van der Waals surface area contributed by atoms with E-state index in [2.05, 4.69) is 15.4 Å². The Hall–Kier alpha value is -4.73. The summed E-state index contributed by atoms with van der Waals surface area (Å²) >= 11 is 0. The lowest BCUT2D eigenvalue weighted by Gasteiger charge is -2.12. The molecule has 3 aromatic carbocycles. The highest BCUT2D eigenvalue weighted by Gasteiger charge is 2.17. The molecule has 186 valence electrons. The second-order valence-electron chi connectivity index (χ2n) is 7.46. The van der Waals surface area contributed by atoms with Gasteiger partial charge in [-0.25, -0.2) is 14.0 Å². The first-order chi connectivity index (χ1) is 17.3. The van der Waals surface area contributed by atoms with Gasteiger partial charge in [0.25, 0.3) is 11.8 Å². The molecule has 0 atom stereocenters. The molecule has 0 heterocycles. The molecule has 0 fully saturated rings. The number of para-hydroxylation sites is 2. The molecule has 3 rings (SSSR count). The van der Waals surface area contributed by atoms with Crippen LogP contribution in [0.3, 0.4) is 0 Å². The number of esters is 2. The fourth-order valence-corrected chi connectivity index (χ4v) is 3.05. The number of benzene rings is 3. The Bertz CT molecular complexity index is 1290. The number of anilines is 2. The molecule has 9 nitrogen and oxygen atoms in total. The second-order valence-corrected chi connectivity index (χ2v) is 7.46. The molecule has 0 bridgehead atoms. The number of rotatable bonds is 9. The third-order valence-corrected chi connectivity index (χ3v) is 4.88. The van der Waals surface area contributed by atoms with E-state index in [1.807, 2.05) is 0 Å². The van der Waals surface area contributed by atoms with Gasteiger partial charge in [0.1, 0.15) is 17.1 Å². The van der Waals surface area contributed by atoms with E-state index in [9.17, 15) is 23.6 Å². The van der Waals surface area contributed by atoms with E-state index in [1.165, 1.54) is 43.5 Å². The molecule has 2 amide bonds. The SMILES string of the molecule is COC(=O)c1ccc(C)c(NC(=O)COC(=O)c2ccccc2OCC(=O)Nc2ccccc2F)c1. The molecule has 0 spiro atoms. The highest BCUT2D eigenvalue weighted by molar-refractivity contribution is 5.98. The van der Waals surface area contributed by atoms with Crippen molar-refractivity contribution in [3.63, 3.8) is 0 Å². The summed E-state index contributed by atoms with van der Waals surface area (Å²) in [5.41, 5.74) is 1.30. The maximum atomic E-state index is 13.7. The quantitative estimate of drug-likeness (QED) is 0.435. The van der Waals surface area contributed by atoms with E-state index in [0.29, 0.717) is 11.3 Å². The number of hydrogen-bond donors (Lipinski definition) is 2. The van der Waals surface area contributed by atoms with Crippen LogP contribution >= 0.6 is 0 Å². The maximum absolute atomic E-state index is 13.7. The Morgan fingerprint density at radius 3 is 2.22 bits per heavy atom. The molecule has 10 heteroatoms. The van der Waals surface area contributed by atoms with Crippen molar-refractivity contribution in [2.45, 2.75) is 6.92 Å². The molecule has 2 N–H and O–H groups in total. The van der Waals surface area contributed by atoms with Gasteiger partial charge in [-0.3, -0.25) is 9.59 Å². The Morgan fingerprint density at radius 1 is 0.806 bits per heavy atom. The number of nitrogens with one attached hydrogen (secondary N) is 2. The number of carbonyl (C=O) groups excluding carboxylic acids is 4. The fourth-order valence-electron chi connectivity index (χ4n) is 3.05. The number of ether oxygens (including phenoxy) is 3. The summed E-state index contributed by atoms with van der Waals surface area (Å²) in [5, 5.41) is 4.95. The normalized spacial score (nSPS) is 10.2. The van der Waals surface area contributed by atoms with Gasteiger partial charge in [-0.2, -0.15) is 0 Å². The lowest BCUT2D eigenvalue weighted by atomic mass is 10.1. The highest BCUT2D eigenvalue weighted by Crippen LogP contribution is 2.20. The van der Waals surface area contributed by atoms with Gasteiger partial charge in [-0.15, -0.1) is 0 Å². The first kappa shape index (κ1) is 25.9. The minimum Gasteiger partial charge on any atom is -0.483 e. The topological polar surface area (TPSA) is 120 Å². The summed E-state index contributed by atoms with van der Waals surface area (Å²) in [6.45, 7) is 0.635. The van der Waals surface area contributed by atoms with Gasteiger partial charge in [0.15, 0.2) is 13.2 Å². The average molecular weight is 494 g/mol. The van der Waals surface area contributed by atoms with Crippen LogP contribution in [0, 0.1) is 12.7 Å². The standard InChI is InChI=1S/C26H23FN2O7/c1-16-11-12-17(25(32)34-2)13-21(16)29-24(31)15-36-26(33)18-7-3-6-10-22(18)35-14-23(30)28-20-9-5-4-8-19(20)27/h3-13H,14-15H2,1-2H3,(H,28,30)(H,29,31). The lowest BCUT2D eigenvalue weighted by molar-refractivity contribution is -0.119. The Kier molecular flexibility index (Phi) is 8.71. The molecule has 3 aromatic rings. The minimum atomic E-state index is -0.852. The van der Waals surface area contributed by atoms with Crippen molar-refractivity contribution < 1.29 is 37.8 Å². The van der Waals surface area contributed by atoms with Crippen molar-refractivity contribution in [1.29, 1.82) is 0 Å². The van der Waals surface area contributed by atoms with Crippen LogP contribution in [0.1, 0.15) is 26.3 Å². The van der Waals surface area contributed by atoms with Crippen molar-refractivity contribution >= 4 is 35.1 Å². The van der Waals surface area contributed by atoms with Crippen molar-refractivity contribution in [1.82, 2.24) is 0 Å². The first-order valence-electron chi connectivity index (χ1n) is 10.7. The maximum Gasteiger partial charge on any atom is 0.342 e. The van der Waals surface area contributed by atoms with Crippen LogP contribution in [0.4, 0.5) is 15.8 Å². The molecule has 0 unspecified atom stereocenters. The highest BCUT2D eigenvalue weighted by atomic mass is 19.1. The van der Waals surface area contributed by atoms with Gasteiger partial charge >= 0.3 is 11.9 Å². The van der Waals surface area contributed by atoms with E-state index >= 15 is 0 Å². The third-order valence-electron chi connectivity index (χ3n) is 4.88. The minimum absolute atomic E-state index is 0.00262. The first-order valence-corrected chi connectivity index (χ1v) is 10.7. The zero-order valence-electron chi connectivity index (χ0n) is 19.5. The summed E-state index contributed by atoms with van der Waals surface area (Å²) in [6, 6.07) is 16.3. The van der Waals surface area contributed by atoms with E-state index < -0.39 is 42.8 Å². The van der Waals surface area contributed by atoms with Crippen molar-refractivity contribution in [2.75, 3.05) is 31.0 Å². The van der Waals surface area contributed by atoms with Crippen LogP contribution in [-0.4, -0.2) is 44.1 Å². The zero-order chi connectivity index (χ0) is 26.1. The van der Waals surface area contributed by atoms with Gasteiger partial charge < -0.3 is 24.8 Å². The van der Waals surface area contributed by atoms with Crippen LogP contribution in [0.15, 0.2) is 66.7 Å². The number of hydrogen-bond acceptors (Lipinski definition) is 7. The molecule has 0 aromatic heterocycles. The molecule has 0 aliphatic carbocycles. The van der Waals surface area contributed by atoms with Crippen LogP contribution in [0.2, 0.25) is 0 Å². The smallest absolute Gasteiger partial charge is 0.342 e. The van der Waals surface area contributed by atoms with Gasteiger partial charge in [-0.05, 0) is 48.9 Å². The molecule has 0 radical (unpaired) electrons. The predicted molar refractivity (Wildman–Crippen MR) is 128 cm³/mol. The summed E-state index contributed by atoms with van der Waals surface area (Å²) in [7, 11) is 1.25. The van der Waals surface area contributed by atoms with Crippen molar-refractivity contribution in [3.05, 3.63) is 89.2 Å². The number of carbonyl (C=O) groups is 4. The van der Waals surface area contributed by atoms with Gasteiger partial charge in [0.05, 0.1) is 18.4 Å². The van der Waals surface area contributed by atoms with E-state index in [0.717, 1.165) is 0 Å². The van der Waals surface area contributed by atoms with Crippen LogP contribution in [0.5, 0.6) is 5.75 Å². The molecule has 36 heavy (non-hydrogen) atoms. The average Bonchev–Trinajstić information content (AvgIpc) is 2.88.